The predicted molar refractivity (Wildman–Crippen MR) is 188 cm³/mol. The minimum Gasteiger partial charge on any atom is -0.478 e. The summed E-state index contributed by atoms with van der Waals surface area (Å²) in [5.41, 5.74) is 1.90. The second-order valence-electron chi connectivity index (χ2n) is 11.1. The molecule has 0 bridgehead atoms. The predicted octanol–water partition coefficient (Wildman–Crippen LogP) is 4.42. The summed E-state index contributed by atoms with van der Waals surface area (Å²) in [6.45, 7) is 8.51. The van der Waals surface area contributed by atoms with Gasteiger partial charge in [-0.2, -0.15) is 33.7 Å². The van der Waals surface area contributed by atoms with Gasteiger partial charge in [0.15, 0.2) is 0 Å². The third kappa shape index (κ3) is 15.9. The fourth-order valence-corrected chi connectivity index (χ4v) is 6.48. The van der Waals surface area contributed by atoms with Crippen LogP contribution in [-0.2, 0) is 40.5 Å². The molecule has 0 saturated carbocycles. The first-order valence-corrected chi connectivity index (χ1v) is 20.0. The van der Waals surface area contributed by atoms with Crippen molar-refractivity contribution in [2.75, 3.05) is 0 Å². The van der Waals surface area contributed by atoms with Gasteiger partial charge in [-0.3, -0.25) is 23.0 Å². The lowest BCUT2D eigenvalue weighted by Crippen LogP contribution is -2.11. The van der Waals surface area contributed by atoms with E-state index in [4.69, 9.17) is 28.4 Å². The van der Waals surface area contributed by atoms with E-state index in [9.17, 15) is 43.3 Å². The number of aliphatic hydroxyl groups excluding tert-OH is 1. The summed E-state index contributed by atoms with van der Waals surface area (Å²) in [7, 11) is -17.0. The highest BCUT2D eigenvalue weighted by Crippen LogP contribution is 2.19. The largest absolute Gasteiger partial charge is 0.478 e. The number of carboxylic acids is 1. The molecular formula is C32H36O16S4. The van der Waals surface area contributed by atoms with E-state index in [1.54, 1.807) is 46.8 Å². The van der Waals surface area contributed by atoms with Crippen LogP contribution in [0.1, 0.15) is 59.5 Å². The summed E-state index contributed by atoms with van der Waals surface area (Å²) < 4.78 is 120. The van der Waals surface area contributed by atoms with Gasteiger partial charge >= 0.3 is 5.97 Å². The van der Waals surface area contributed by atoms with Crippen LogP contribution in [0, 0.1) is 34.6 Å². The lowest BCUT2D eigenvalue weighted by Gasteiger charge is -2.07. The highest BCUT2D eigenvalue weighted by molar-refractivity contribution is 7.86. The third-order valence-electron chi connectivity index (χ3n) is 6.21. The molecule has 4 rings (SSSR count). The van der Waals surface area contributed by atoms with Gasteiger partial charge in [0, 0.05) is 5.56 Å². The average Bonchev–Trinajstić information content (AvgIpc) is 2.99. The Morgan fingerprint density at radius 3 is 1.35 bits per heavy atom. The first-order valence-electron chi connectivity index (χ1n) is 14.2. The van der Waals surface area contributed by atoms with Crippen molar-refractivity contribution in [3.8, 4) is 0 Å². The van der Waals surface area contributed by atoms with Crippen molar-refractivity contribution in [2.24, 2.45) is 0 Å². The van der Waals surface area contributed by atoms with E-state index in [1.807, 2.05) is 6.07 Å². The molecule has 0 fully saturated rings. The van der Waals surface area contributed by atoms with E-state index in [-0.39, 0.29) is 26.5 Å². The molecule has 1 unspecified atom stereocenters. The number of aldehydes is 1. The third-order valence-corrected chi connectivity index (χ3v) is 9.54. The first kappa shape index (κ1) is 45.6. The van der Waals surface area contributed by atoms with Crippen LogP contribution in [0.25, 0.3) is 0 Å². The Balaban J connectivity index is 0.000000347. The Morgan fingerprint density at radius 2 is 0.962 bits per heavy atom. The van der Waals surface area contributed by atoms with Gasteiger partial charge in [-0.15, -0.1) is 0 Å². The van der Waals surface area contributed by atoms with Gasteiger partial charge in [0.1, 0.15) is 6.29 Å². The van der Waals surface area contributed by atoms with E-state index < -0.39 is 56.8 Å². The zero-order valence-electron chi connectivity index (χ0n) is 28.1. The van der Waals surface area contributed by atoms with Gasteiger partial charge in [-0.25, -0.2) is 4.79 Å². The van der Waals surface area contributed by atoms with Crippen LogP contribution >= 0.6 is 0 Å². The molecule has 52 heavy (non-hydrogen) atoms. The lowest BCUT2D eigenvalue weighted by atomic mass is 10.1. The van der Waals surface area contributed by atoms with Crippen LogP contribution in [0.2, 0.25) is 0 Å². The van der Waals surface area contributed by atoms with Crippen LogP contribution in [0.15, 0.2) is 93.5 Å². The molecule has 0 saturated heterocycles. The average molecular weight is 805 g/mol. The molecule has 0 heterocycles. The number of aromatic carboxylic acids is 1. The maximum absolute atomic E-state index is 10.7. The van der Waals surface area contributed by atoms with Crippen LogP contribution in [-0.4, -0.2) is 74.4 Å². The summed E-state index contributed by atoms with van der Waals surface area (Å²) in [6.07, 6.45) is 0.529. The summed E-state index contributed by atoms with van der Waals surface area (Å²) in [4.78, 5) is 20.2. The Morgan fingerprint density at radius 1 is 0.558 bits per heavy atom. The number of carbonyl (C=O) groups excluding carboxylic acids is 1. The number of aliphatic hydroxyl groups is 1. The molecule has 0 aliphatic heterocycles. The van der Waals surface area contributed by atoms with Crippen LogP contribution in [0.3, 0.4) is 0 Å². The van der Waals surface area contributed by atoms with Crippen LogP contribution < -0.4 is 0 Å². The van der Waals surface area contributed by atoms with E-state index in [2.05, 4.69) is 0 Å². The van der Waals surface area contributed by atoms with Crippen molar-refractivity contribution in [2.45, 2.75) is 54.7 Å². The van der Waals surface area contributed by atoms with Crippen molar-refractivity contribution in [1.29, 1.82) is 0 Å². The van der Waals surface area contributed by atoms with E-state index in [0.29, 0.717) is 17.4 Å². The highest BCUT2D eigenvalue weighted by atomic mass is 32.2. The monoisotopic (exact) mass is 804 g/mol. The van der Waals surface area contributed by atoms with Gasteiger partial charge in [0.2, 0.25) is 5.44 Å². The molecule has 0 aliphatic carbocycles. The minimum absolute atomic E-state index is 0.0417. The molecule has 0 amide bonds. The number of aryl methyl sites for hydroxylation is 5. The topological polar surface area (TPSA) is 292 Å². The van der Waals surface area contributed by atoms with Crippen molar-refractivity contribution in [1.82, 2.24) is 0 Å². The smallest absolute Gasteiger partial charge is 0.335 e. The first-order chi connectivity index (χ1) is 23.5. The van der Waals surface area contributed by atoms with E-state index in [0.717, 1.165) is 28.8 Å². The molecule has 284 valence electrons. The zero-order valence-corrected chi connectivity index (χ0v) is 31.3. The number of hydrogen-bond acceptors (Lipinski definition) is 11. The summed E-state index contributed by atoms with van der Waals surface area (Å²) >= 11 is 0. The highest BCUT2D eigenvalue weighted by Gasteiger charge is 2.21. The molecule has 4 aromatic rings. The quantitative estimate of drug-likeness (QED) is 0.111. The summed E-state index contributed by atoms with van der Waals surface area (Å²) in [5, 5.41) is 17.8. The molecule has 0 aromatic heterocycles. The Hall–Kier alpha value is -4.38. The zero-order chi connectivity index (χ0) is 40.4. The Kier molecular flexibility index (Phi) is 16.1. The second-order valence-corrected chi connectivity index (χ2v) is 16.8. The molecule has 6 N–H and O–H groups in total. The van der Waals surface area contributed by atoms with Gasteiger partial charge in [-0.1, -0.05) is 35.9 Å². The molecule has 0 spiro atoms. The summed E-state index contributed by atoms with van der Waals surface area (Å²) in [6, 6.07) is 18.4. The SMILES string of the molecule is Cc1cc(C(=O)O)cc(S(=O)(=O)O)c1.Cc1cc(C)cc(S(=O)(=O)O)c1.Cc1cc(C=O)cc(S(=O)(=O)O)c1.Cc1cccc(C(O)S(=O)(=O)O)c1. The number of carboxylic acid groups (broad SMARTS) is 1. The number of hydrogen-bond donors (Lipinski definition) is 6. The molecule has 0 aliphatic rings. The number of benzene rings is 4. The lowest BCUT2D eigenvalue weighted by molar-refractivity contribution is 0.0696. The number of carbonyl (C=O) groups is 2. The van der Waals surface area contributed by atoms with Crippen LogP contribution in [0.4, 0.5) is 0 Å². The second kappa shape index (κ2) is 18.4. The normalized spacial score (nSPS) is 12.0. The van der Waals surface area contributed by atoms with Crippen LogP contribution in [0.5, 0.6) is 0 Å². The molecule has 16 nitrogen and oxygen atoms in total. The van der Waals surface area contributed by atoms with Gasteiger partial charge < -0.3 is 10.2 Å². The van der Waals surface area contributed by atoms with Gasteiger partial charge in [0.25, 0.3) is 40.5 Å². The van der Waals surface area contributed by atoms with Crippen molar-refractivity contribution in [3.05, 3.63) is 123 Å². The van der Waals surface area contributed by atoms with E-state index in [1.165, 1.54) is 48.5 Å². The summed E-state index contributed by atoms with van der Waals surface area (Å²) in [5.74, 6) is -1.24. The van der Waals surface area contributed by atoms with Crippen molar-refractivity contribution >= 4 is 52.7 Å². The van der Waals surface area contributed by atoms with Gasteiger partial charge in [0.05, 0.1) is 20.2 Å². The van der Waals surface area contributed by atoms with E-state index >= 15 is 0 Å². The molecular weight excluding hydrogens is 769 g/mol. The minimum atomic E-state index is -4.42. The fraction of sp³-hybridized carbons (Fsp3) is 0.188. The number of rotatable bonds is 7. The maximum Gasteiger partial charge on any atom is 0.335 e. The molecule has 20 heteroatoms. The van der Waals surface area contributed by atoms with Gasteiger partial charge in [-0.05, 0) is 111 Å². The maximum atomic E-state index is 10.7. The standard InChI is InChI=1S/C8H8O5S.C8H8O4S.C8H10O4S.C8H10O3S/c1-5-2-6(8(9)10)4-7(3-5)14(11,12)13;1-6-2-7(5-9)4-8(3-6)13(10,11)12;1-6-3-2-4-7(5-6)8(9)13(10,11)12;1-6-3-7(2)5-8(4-6)12(9,10)11/h2-4H,1H3,(H,9,10)(H,11,12,13);2-5H,1H3,(H,10,11,12);2-5,8-9H,1H3,(H,10,11,12);3-5H,1-2H3,(H,9,10,11). The fourth-order valence-electron chi connectivity index (χ4n) is 4.09. The van der Waals surface area contributed by atoms with Crippen molar-refractivity contribution in [3.63, 3.8) is 0 Å². The molecule has 1 atom stereocenters. The Labute approximate surface area is 301 Å². The molecule has 0 radical (unpaired) electrons. The van der Waals surface area contributed by atoms with Crippen molar-refractivity contribution < 1.29 is 71.7 Å². The Bertz CT molecular complexity index is 2350. The molecule has 4 aromatic carbocycles.